The summed E-state index contributed by atoms with van der Waals surface area (Å²) in [5, 5.41) is 8.42. The van der Waals surface area contributed by atoms with Gasteiger partial charge in [0, 0.05) is 19.2 Å². The van der Waals surface area contributed by atoms with E-state index in [2.05, 4.69) is 0 Å². The van der Waals surface area contributed by atoms with Crippen molar-refractivity contribution in [2.45, 2.75) is 13.0 Å². The van der Waals surface area contributed by atoms with E-state index in [0.717, 1.165) is 24.3 Å². The van der Waals surface area contributed by atoms with E-state index in [0.29, 0.717) is 5.56 Å². The maximum Gasteiger partial charge on any atom is 0.328 e. The zero-order chi connectivity index (χ0) is 14.6. The molecule has 1 rings (SSSR count). The summed E-state index contributed by atoms with van der Waals surface area (Å²) in [5.74, 6) is -3.73. The number of rotatable bonds is 4. The first kappa shape index (κ1) is 14.8. The predicted octanol–water partition coefficient (Wildman–Crippen LogP) is 2.12. The van der Waals surface area contributed by atoms with Gasteiger partial charge in [-0.25, -0.2) is 13.6 Å². The molecule has 0 fully saturated rings. The Morgan fingerprint density at radius 2 is 1.89 bits per heavy atom. The first-order valence-electron chi connectivity index (χ1n) is 5.45. The highest BCUT2D eigenvalue weighted by Crippen LogP contribution is 2.21. The molecule has 0 saturated heterocycles. The van der Waals surface area contributed by atoms with Crippen LogP contribution < -0.4 is 0 Å². The number of nitrogens with zero attached hydrogens (tertiary/aromatic N) is 1. The Hall–Kier alpha value is -2.24. The van der Waals surface area contributed by atoms with Gasteiger partial charge in [-0.2, -0.15) is 0 Å². The van der Waals surface area contributed by atoms with Crippen molar-refractivity contribution in [2.24, 2.45) is 0 Å². The molecule has 0 aliphatic carbocycles. The molecule has 1 aromatic carbocycles. The standard InChI is InChI=1S/C13H13F2NO3/c1-8(9-3-4-10(14)11(15)7-9)16(2)12(17)5-6-13(18)19/h3-8H,1-2H3,(H,18,19)/b6-5+. The van der Waals surface area contributed by atoms with Crippen LogP contribution in [-0.4, -0.2) is 28.9 Å². The fourth-order valence-corrected chi connectivity index (χ4v) is 1.45. The van der Waals surface area contributed by atoms with Crippen molar-refractivity contribution in [3.63, 3.8) is 0 Å². The Labute approximate surface area is 109 Å². The largest absolute Gasteiger partial charge is 0.478 e. The number of benzene rings is 1. The Morgan fingerprint density at radius 3 is 2.42 bits per heavy atom. The van der Waals surface area contributed by atoms with Crippen LogP contribution in [0.2, 0.25) is 0 Å². The van der Waals surface area contributed by atoms with Crippen molar-refractivity contribution in [1.29, 1.82) is 0 Å². The second kappa shape index (κ2) is 6.08. The van der Waals surface area contributed by atoms with Gasteiger partial charge in [0.2, 0.25) is 5.91 Å². The molecule has 0 saturated carbocycles. The van der Waals surface area contributed by atoms with Gasteiger partial charge in [-0.3, -0.25) is 4.79 Å². The second-order valence-corrected chi connectivity index (χ2v) is 3.97. The zero-order valence-corrected chi connectivity index (χ0v) is 10.4. The first-order valence-corrected chi connectivity index (χ1v) is 5.45. The quantitative estimate of drug-likeness (QED) is 0.852. The van der Waals surface area contributed by atoms with Crippen LogP contribution in [0.1, 0.15) is 18.5 Å². The third kappa shape index (κ3) is 3.87. The van der Waals surface area contributed by atoms with Gasteiger partial charge in [-0.1, -0.05) is 6.07 Å². The SMILES string of the molecule is CC(c1ccc(F)c(F)c1)N(C)C(=O)/C=C/C(=O)O. The van der Waals surface area contributed by atoms with Crippen molar-refractivity contribution in [3.05, 3.63) is 47.5 Å². The molecule has 0 heterocycles. The zero-order valence-electron chi connectivity index (χ0n) is 10.4. The molecule has 0 aromatic heterocycles. The topological polar surface area (TPSA) is 57.6 Å². The number of halogens is 2. The molecule has 0 aliphatic heterocycles. The highest BCUT2D eigenvalue weighted by atomic mass is 19.2. The average Bonchev–Trinajstić information content (AvgIpc) is 2.37. The van der Waals surface area contributed by atoms with E-state index in [9.17, 15) is 18.4 Å². The summed E-state index contributed by atoms with van der Waals surface area (Å²) < 4.78 is 25.9. The Bertz CT molecular complexity index is 529. The fourth-order valence-electron chi connectivity index (χ4n) is 1.45. The Kier molecular flexibility index (Phi) is 4.74. The number of aliphatic carboxylic acids is 1. The molecule has 1 N–H and O–H groups in total. The van der Waals surface area contributed by atoms with E-state index in [1.807, 2.05) is 0 Å². The number of carbonyl (C=O) groups excluding carboxylic acids is 1. The first-order chi connectivity index (χ1) is 8.82. The number of amides is 1. The molecule has 4 nitrogen and oxygen atoms in total. The highest BCUT2D eigenvalue weighted by molar-refractivity contribution is 5.93. The van der Waals surface area contributed by atoms with E-state index in [1.165, 1.54) is 18.0 Å². The molecule has 0 aliphatic rings. The van der Waals surface area contributed by atoms with Crippen molar-refractivity contribution < 1.29 is 23.5 Å². The molecule has 1 atom stereocenters. The smallest absolute Gasteiger partial charge is 0.328 e. The minimum atomic E-state index is -1.23. The third-order valence-electron chi connectivity index (χ3n) is 2.72. The van der Waals surface area contributed by atoms with Gasteiger partial charge in [-0.05, 0) is 24.6 Å². The summed E-state index contributed by atoms with van der Waals surface area (Å²) in [6.07, 6.45) is 1.62. The summed E-state index contributed by atoms with van der Waals surface area (Å²) in [7, 11) is 1.44. The minimum Gasteiger partial charge on any atom is -0.478 e. The lowest BCUT2D eigenvalue weighted by Crippen LogP contribution is -2.28. The average molecular weight is 269 g/mol. The van der Waals surface area contributed by atoms with Gasteiger partial charge < -0.3 is 10.0 Å². The second-order valence-electron chi connectivity index (χ2n) is 3.97. The molecule has 19 heavy (non-hydrogen) atoms. The monoisotopic (exact) mass is 269 g/mol. The van der Waals surface area contributed by atoms with Crippen LogP contribution in [0.4, 0.5) is 8.78 Å². The van der Waals surface area contributed by atoms with E-state index in [4.69, 9.17) is 5.11 Å². The fraction of sp³-hybridized carbons (Fsp3) is 0.231. The number of carboxylic acid groups (broad SMARTS) is 1. The van der Waals surface area contributed by atoms with Crippen molar-refractivity contribution >= 4 is 11.9 Å². The van der Waals surface area contributed by atoms with Crippen molar-refractivity contribution in [3.8, 4) is 0 Å². The summed E-state index contributed by atoms with van der Waals surface area (Å²) in [5.41, 5.74) is 0.415. The normalized spacial score (nSPS) is 12.4. The van der Waals surface area contributed by atoms with Gasteiger partial charge in [0.15, 0.2) is 11.6 Å². The van der Waals surface area contributed by atoms with Crippen LogP contribution in [0.3, 0.4) is 0 Å². The molecule has 0 spiro atoms. The maximum atomic E-state index is 13.1. The number of carboxylic acids is 1. The number of likely N-dealkylation sites (N-methyl/N-ethyl adjacent to an activating group) is 1. The van der Waals surface area contributed by atoms with Crippen LogP contribution in [-0.2, 0) is 9.59 Å². The van der Waals surface area contributed by atoms with Crippen LogP contribution >= 0.6 is 0 Å². The van der Waals surface area contributed by atoms with Gasteiger partial charge in [-0.15, -0.1) is 0 Å². The molecule has 1 unspecified atom stereocenters. The molecular formula is C13H13F2NO3. The number of hydrogen-bond acceptors (Lipinski definition) is 2. The van der Waals surface area contributed by atoms with Gasteiger partial charge >= 0.3 is 5.97 Å². The molecule has 1 amide bonds. The summed E-state index contributed by atoms with van der Waals surface area (Å²) in [4.78, 5) is 23.1. The lowest BCUT2D eigenvalue weighted by atomic mass is 10.1. The lowest BCUT2D eigenvalue weighted by Gasteiger charge is -2.24. The van der Waals surface area contributed by atoms with E-state index in [-0.39, 0.29) is 0 Å². The van der Waals surface area contributed by atoms with E-state index >= 15 is 0 Å². The van der Waals surface area contributed by atoms with E-state index < -0.39 is 29.6 Å². The molecule has 102 valence electrons. The Balaban J connectivity index is 2.86. The van der Waals surface area contributed by atoms with Gasteiger partial charge in [0.05, 0.1) is 6.04 Å². The summed E-state index contributed by atoms with van der Waals surface area (Å²) in [6.45, 7) is 1.62. The van der Waals surface area contributed by atoms with Crippen LogP contribution in [0.15, 0.2) is 30.4 Å². The van der Waals surface area contributed by atoms with Crippen molar-refractivity contribution in [2.75, 3.05) is 7.05 Å². The third-order valence-corrected chi connectivity index (χ3v) is 2.72. The number of hydrogen-bond donors (Lipinski definition) is 1. The summed E-state index contributed by atoms with van der Waals surface area (Å²) >= 11 is 0. The van der Waals surface area contributed by atoms with Gasteiger partial charge in [0.25, 0.3) is 0 Å². The minimum absolute atomic E-state index is 0.415. The maximum absolute atomic E-state index is 13.1. The van der Waals surface area contributed by atoms with E-state index in [1.54, 1.807) is 6.92 Å². The van der Waals surface area contributed by atoms with Crippen LogP contribution in [0.5, 0.6) is 0 Å². The molecule has 0 bridgehead atoms. The van der Waals surface area contributed by atoms with Gasteiger partial charge in [0.1, 0.15) is 0 Å². The lowest BCUT2D eigenvalue weighted by molar-refractivity contribution is -0.132. The van der Waals surface area contributed by atoms with Crippen LogP contribution in [0, 0.1) is 11.6 Å². The highest BCUT2D eigenvalue weighted by Gasteiger charge is 2.17. The molecule has 1 aromatic rings. The Morgan fingerprint density at radius 1 is 1.26 bits per heavy atom. The predicted molar refractivity (Wildman–Crippen MR) is 64.3 cm³/mol. The molecule has 6 heteroatoms. The van der Waals surface area contributed by atoms with Crippen molar-refractivity contribution in [1.82, 2.24) is 4.90 Å². The number of carbonyl (C=O) groups is 2. The molecule has 0 radical (unpaired) electrons. The molecular weight excluding hydrogens is 256 g/mol. The summed E-state index contributed by atoms with van der Waals surface area (Å²) in [6, 6.07) is 2.84. The van der Waals surface area contributed by atoms with Crippen LogP contribution in [0.25, 0.3) is 0 Å².